The van der Waals surface area contributed by atoms with E-state index in [0.717, 1.165) is 55.3 Å². The maximum atomic E-state index is 6.49. The van der Waals surface area contributed by atoms with Crippen LogP contribution in [0.1, 0.15) is 5.56 Å². The summed E-state index contributed by atoms with van der Waals surface area (Å²) in [7, 11) is 0. The molecular formula is C44H29N3O. The number of rotatable bonds is 5. The standard InChI is InChI=1S/C44H29N3O/c1-28-9-7-14-33(25-28)30-17-20-32(21-18-30)43-45-42(31-11-3-2-4-12-31)46-44(47-43)36-23-24-38-40(27-36)48-39-16-8-15-37(41(38)39)35-22-19-29-10-5-6-13-34(29)26-35/h2-27H,1H3. The Kier molecular flexibility index (Phi) is 6.65. The third-order valence-corrected chi connectivity index (χ3v) is 8.98. The molecule has 48 heavy (non-hydrogen) atoms. The van der Waals surface area contributed by atoms with Gasteiger partial charge in [-0.25, -0.2) is 15.0 Å². The van der Waals surface area contributed by atoms with Gasteiger partial charge in [0.2, 0.25) is 0 Å². The van der Waals surface area contributed by atoms with E-state index in [0.29, 0.717) is 17.5 Å². The maximum absolute atomic E-state index is 6.49. The summed E-state index contributed by atoms with van der Waals surface area (Å²) in [6, 6.07) is 54.6. The summed E-state index contributed by atoms with van der Waals surface area (Å²) in [5.41, 5.74) is 10.2. The quantitative estimate of drug-likeness (QED) is 0.193. The average molecular weight is 616 g/mol. The van der Waals surface area contributed by atoms with Gasteiger partial charge in [-0.15, -0.1) is 0 Å². The van der Waals surface area contributed by atoms with Gasteiger partial charge in [0.05, 0.1) is 0 Å². The molecule has 2 aromatic heterocycles. The second kappa shape index (κ2) is 11.4. The number of aryl methyl sites for hydroxylation is 1. The summed E-state index contributed by atoms with van der Waals surface area (Å²) in [4.78, 5) is 14.9. The van der Waals surface area contributed by atoms with Crippen LogP contribution in [0.2, 0.25) is 0 Å². The Balaban J connectivity index is 1.16. The summed E-state index contributed by atoms with van der Waals surface area (Å²) in [5, 5.41) is 4.60. The van der Waals surface area contributed by atoms with Gasteiger partial charge in [0.25, 0.3) is 0 Å². The zero-order chi connectivity index (χ0) is 32.0. The molecule has 0 saturated heterocycles. The molecule has 0 saturated carbocycles. The summed E-state index contributed by atoms with van der Waals surface area (Å²) in [5.74, 6) is 1.85. The molecule has 0 unspecified atom stereocenters. The molecule has 0 aliphatic carbocycles. The lowest BCUT2D eigenvalue weighted by molar-refractivity contribution is 0.669. The fourth-order valence-electron chi connectivity index (χ4n) is 6.55. The Morgan fingerprint density at radius 1 is 0.396 bits per heavy atom. The largest absolute Gasteiger partial charge is 0.456 e. The summed E-state index contributed by atoms with van der Waals surface area (Å²) < 4.78 is 6.49. The first-order valence-corrected chi connectivity index (χ1v) is 16.1. The van der Waals surface area contributed by atoms with E-state index in [1.54, 1.807) is 0 Å². The van der Waals surface area contributed by atoms with E-state index in [-0.39, 0.29) is 0 Å². The van der Waals surface area contributed by atoms with E-state index in [9.17, 15) is 0 Å². The molecule has 0 aliphatic heterocycles. The predicted molar refractivity (Wildman–Crippen MR) is 197 cm³/mol. The SMILES string of the molecule is Cc1cccc(-c2ccc(-c3nc(-c4ccccc4)nc(-c4ccc5c(c4)oc4cccc(-c6ccc7ccccc7c6)c45)n3)cc2)c1. The van der Waals surface area contributed by atoms with E-state index in [2.05, 4.69) is 122 Å². The average Bonchev–Trinajstić information content (AvgIpc) is 3.53. The Bertz CT molecular complexity index is 2620. The van der Waals surface area contributed by atoms with Gasteiger partial charge in [0.15, 0.2) is 17.5 Å². The van der Waals surface area contributed by atoms with Crippen LogP contribution in [0.5, 0.6) is 0 Å². The van der Waals surface area contributed by atoms with E-state index in [1.165, 1.54) is 21.9 Å². The molecule has 0 amide bonds. The van der Waals surface area contributed by atoms with Crippen LogP contribution in [0.3, 0.4) is 0 Å². The molecule has 0 radical (unpaired) electrons. The van der Waals surface area contributed by atoms with Crippen molar-refractivity contribution in [1.82, 2.24) is 15.0 Å². The third kappa shape index (κ3) is 5.01. The molecule has 4 nitrogen and oxygen atoms in total. The van der Waals surface area contributed by atoms with Crippen LogP contribution >= 0.6 is 0 Å². The van der Waals surface area contributed by atoms with Gasteiger partial charge < -0.3 is 4.42 Å². The fourth-order valence-corrected chi connectivity index (χ4v) is 6.55. The number of hydrogen-bond acceptors (Lipinski definition) is 4. The second-order valence-corrected chi connectivity index (χ2v) is 12.2. The van der Waals surface area contributed by atoms with Crippen LogP contribution in [0.4, 0.5) is 0 Å². The molecule has 7 aromatic carbocycles. The van der Waals surface area contributed by atoms with E-state index in [4.69, 9.17) is 19.4 Å². The van der Waals surface area contributed by atoms with Gasteiger partial charge >= 0.3 is 0 Å². The van der Waals surface area contributed by atoms with Crippen LogP contribution in [0.15, 0.2) is 162 Å². The Morgan fingerprint density at radius 3 is 1.81 bits per heavy atom. The highest BCUT2D eigenvalue weighted by Crippen LogP contribution is 2.39. The van der Waals surface area contributed by atoms with Crippen LogP contribution in [0, 0.1) is 6.92 Å². The van der Waals surface area contributed by atoms with Crippen molar-refractivity contribution in [3.8, 4) is 56.4 Å². The summed E-state index contributed by atoms with van der Waals surface area (Å²) in [6.07, 6.45) is 0. The van der Waals surface area contributed by atoms with Gasteiger partial charge in [-0.1, -0.05) is 139 Å². The van der Waals surface area contributed by atoms with E-state index < -0.39 is 0 Å². The first-order chi connectivity index (χ1) is 23.7. The van der Waals surface area contributed by atoms with Gasteiger partial charge in [-0.3, -0.25) is 0 Å². The molecule has 9 rings (SSSR count). The molecule has 0 atom stereocenters. The van der Waals surface area contributed by atoms with Gasteiger partial charge in [-0.2, -0.15) is 0 Å². The lowest BCUT2D eigenvalue weighted by Crippen LogP contribution is -2.00. The van der Waals surface area contributed by atoms with Crippen molar-refractivity contribution in [3.05, 3.63) is 163 Å². The van der Waals surface area contributed by atoms with E-state index in [1.807, 2.05) is 42.5 Å². The third-order valence-electron chi connectivity index (χ3n) is 8.98. The minimum absolute atomic E-state index is 0.596. The molecule has 0 fully saturated rings. The zero-order valence-electron chi connectivity index (χ0n) is 26.3. The number of nitrogens with zero attached hydrogens (tertiary/aromatic N) is 3. The molecule has 226 valence electrons. The first-order valence-electron chi connectivity index (χ1n) is 16.1. The molecule has 0 N–H and O–H groups in total. The zero-order valence-corrected chi connectivity index (χ0v) is 26.3. The lowest BCUT2D eigenvalue weighted by Gasteiger charge is -2.09. The Hall–Kier alpha value is -6.39. The van der Waals surface area contributed by atoms with Gasteiger partial charge in [0, 0.05) is 27.5 Å². The molecule has 0 aliphatic rings. The molecule has 4 heteroatoms. The molecular weight excluding hydrogens is 587 g/mol. The smallest absolute Gasteiger partial charge is 0.164 e. The second-order valence-electron chi connectivity index (χ2n) is 12.2. The van der Waals surface area contributed by atoms with Crippen LogP contribution in [-0.2, 0) is 0 Å². The molecule has 2 heterocycles. The lowest BCUT2D eigenvalue weighted by atomic mass is 9.97. The minimum Gasteiger partial charge on any atom is -0.456 e. The predicted octanol–water partition coefficient (Wildman–Crippen LogP) is 11.6. The van der Waals surface area contributed by atoms with Crippen molar-refractivity contribution in [2.45, 2.75) is 6.92 Å². The highest BCUT2D eigenvalue weighted by Gasteiger charge is 2.17. The van der Waals surface area contributed by atoms with Crippen LogP contribution in [0.25, 0.3) is 89.1 Å². The number of benzene rings is 7. The molecule has 9 aromatic rings. The van der Waals surface area contributed by atoms with Crippen molar-refractivity contribution in [2.75, 3.05) is 0 Å². The number of fused-ring (bicyclic) bond motifs is 4. The number of furan rings is 1. The molecule has 0 bridgehead atoms. The maximum Gasteiger partial charge on any atom is 0.164 e. The summed E-state index contributed by atoms with van der Waals surface area (Å²) in [6.45, 7) is 2.11. The van der Waals surface area contributed by atoms with Crippen LogP contribution < -0.4 is 0 Å². The van der Waals surface area contributed by atoms with E-state index >= 15 is 0 Å². The van der Waals surface area contributed by atoms with Crippen LogP contribution in [-0.4, -0.2) is 15.0 Å². The Morgan fingerprint density at radius 2 is 1.02 bits per heavy atom. The monoisotopic (exact) mass is 615 g/mol. The van der Waals surface area contributed by atoms with Crippen molar-refractivity contribution >= 4 is 32.7 Å². The van der Waals surface area contributed by atoms with Gasteiger partial charge in [-0.05, 0) is 64.2 Å². The minimum atomic E-state index is 0.596. The van der Waals surface area contributed by atoms with Crippen molar-refractivity contribution in [2.24, 2.45) is 0 Å². The number of hydrogen-bond donors (Lipinski definition) is 0. The van der Waals surface area contributed by atoms with Crippen molar-refractivity contribution < 1.29 is 4.42 Å². The number of aromatic nitrogens is 3. The first kappa shape index (κ1) is 27.9. The molecule has 0 spiro atoms. The highest BCUT2D eigenvalue weighted by molar-refractivity contribution is 6.13. The van der Waals surface area contributed by atoms with Crippen molar-refractivity contribution in [1.29, 1.82) is 0 Å². The van der Waals surface area contributed by atoms with Gasteiger partial charge in [0.1, 0.15) is 11.2 Å². The topological polar surface area (TPSA) is 51.8 Å². The Labute approximate surface area is 278 Å². The normalized spacial score (nSPS) is 11.4. The highest BCUT2D eigenvalue weighted by atomic mass is 16.3. The van der Waals surface area contributed by atoms with Crippen molar-refractivity contribution in [3.63, 3.8) is 0 Å². The fraction of sp³-hybridized carbons (Fsp3) is 0.0227. The summed E-state index contributed by atoms with van der Waals surface area (Å²) >= 11 is 0.